The molecule has 0 bridgehead atoms. The van der Waals surface area contributed by atoms with E-state index in [1.165, 1.54) is 12.8 Å². The molecular formula is C14H20O2. The third-order valence-electron chi connectivity index (χ3n) is 2.19. The van der Waals surface area contributed by atoms with Gasteiger partial charge >= 0.3 is 0 Å². The summed E-state index contributed by atoms with van der Waals surface area (Å²) in [6, 6.07) is 7.75. The number of hydrogen-bond donors (Lipinski definition) is 0. The number of allylic oxidation sites excluding steroid dienone is 1. The van der Waals surface area contributed by atoms with E-state index in [0.29, 0.717) is 0 Å². The van der Waals surface area contributed by atoms with E-state index in [9.17, 15) is 0 Å². The fraction of sp³-hybridized carbons (Fsp3) is 0.429. The highest BCUT2D eigenvalue weighted by atomic mass is 16.5. The molecule has 0 radical (unpaired) electrons. The van der Waals surface area contributed by atoms with Gasteiger partial charge in [0.25, 0.3) is 0 Å². The van der Waals surface area contributed by atoms with Gasteiger partial charge in [-0.1, -0.05) is 38.0 Å². The van der Waals surface area contributed by atoms with Crippen LogP contribution in [0, 0.1) is 0 Å². The van der Waals surface area contributed by atoms with Crippen molar-refractivity contribution in [2.75, 3.05) is 6.61 Å². The van der Waals surface area contributed by atoms with Crippen molar-refractivity contribution >= 4 is 0 Å². The zero-order valence-electron chi connectivity index (χ0n) is 10.1. The molecule has 2 nitrogen and oxygen atoms in total. The van der Waals surface area contributed by atoms with Gasteiger partial charge in [0, 0.05) is 0 Å². The first-order chi connectivity index (χ1) is 7.88. The van der Waals surface area contributed by atoms with E-state index in [-0.39, 0.29) is 0 Å². The third kappa shape index (κ3) is 4.39. The number of hydrogen-bond acceptors (Lipinski definition) is 2. The lowest BCUT2D eigenvalue weighted by atomic mass is 10.2. The summed E-state index contributed by atoms with van der Waals surface area (Å²) in [6.07, 6.45) is 7.02. The molecule has 0 aliphatic rings. The van der Waals surface area contributed by atoms with Gasteiger partial charge in [0.2, 0.25) is 0 Å². The molecule has 0 saturated heterocycles. The average Bonchev–Trinajstić information content (AvgIpc) is 2.33. The summed E-state index contributed by atoms with van der Waals surface area (Å²) >= 11 is 0. The van der Waals surface area contributed by atoms with E-state index in [1.54, 1.807) is 6.26 Å². The molecule has 88 valence electrons. The Morgan fingerprint density at radius 2 is 1.88 bits per heavy atom. The van der Waals surface area contributed by atoms with E-state index in [4.69, 9.17) is 9.47 Å². The van der Waals surface area contributed by atoms with Crippen molar-refractivity contribution in [2.24, 2.45) is 0 Å². The van der Waals surface area contributed by atoms with Gasteiger partial charge in [0.15, 0.2) is 11.5 Å². The first kappa shape index (κ1) is 12.6. The van der Waals surface area contributed by atoms with E-state index < -0.39 is 0 Å². The Labute approximate surface area is 97.9 Å². The van der Waals surface area contributed by atoms with Crippen LogP contribution in [0.5, 0.6) is 11.5 Å². The van der Waals surface area contributed by atoms with Gasteiger partial charge < -0.3 is 9.47 Å². The molecule has 1 rings (SSSR count). The van der Waals surface area contributed by atoms with Crippen molar-refractivity contribution in [3.63, 3.8) is 0 Å². The lowest BCUT2D eigenvalue weighted by molar-refractivity contribution is 0.292. The molecule has 0 aromatic heterocycles. The number of rotatable bonds is 7. The normalized spacial score (nSPS) is 10.6. The Balaban J connectivity index is 2.49. The van der Waals surface area contributed by atoms with E-state index >= 15 is 0 Å². The van der Waals surface area contributed by atoms with Crippen LogP contribution >= 0.6 is 0 Å². The molecule has 0 fully saturated rings. The fourth-order valence-electron chi connectivity index (χ4n) is 1.34. The summed E-state index contributed by atoms with van der Waals surface area (Å²) in [5.41, 5.74) is 0. The second-order valence-electron chi connectivity index (χ2n) is 3.59. The second kappa shape index (κ2) is 7.80. The van der Waals surface area contributed by atoms with E-state index in [2.05, 4.69) is 6.92 Å². The Morgan fingerprint density at radius 3 is 2.56 bits per heavy atom. The maximum Gasteiger partial charge on any atom is 0.168 e. The molecule has 0 heterocycles. The van der Waals surface area contributed by atoms with Crippen LogP contribution < -0.4 is 9.47 Å². The molecule has 1 aromatic rings. The quantitative estimate of drug-likeness (QED) is 0.507. The fourth-order valence-corrected chi connectivity index (χ4v) is 1.34. The topological polar surface area (TPSA) is 18.5 Å². The molecule has 0 saturated carbocycles. The molecule has 0 unspecified atom stereocenters. The van der Waals surface area contributed by atoms with Crippen LogP contribution in [0.1, 0.15) is 33.1 Å². The van der Waals surface area contributed by atoms with Crippen LogP contribution in [0.15, 0.2) is 36.6 Å². The van der Waals surface area contributed by atoms with Crippen molar-refractivity contribution in [3.05, 3.63) is 36.6 Å². The van der Waals surface area contributed by atoms with Crippen molar-refractivity contribution in [2.45, 2.75) is 33.1 Å². The molecule has 1 aromatic carbocycles. The summed E-state index contributed by atoms with van der Waals surface area (Å²) in [5.74, 6) is 1.59. The smallest absolute Gasteiger partial charge is 0.168 e. The zero-order valence-corrected chi connectivity index (χ0v) is 10.1. The van der Waals surface area contributed by atoms with Gasteiger partial charge in [0.05, 0.1) is 12.9 Å². The Morgan fingerprint density at radius 1 is 1.12 bits per heavy atom. The highest BCUT2D eigenvalue weighted by molar-refractivity contribution is 5.39. The average molecular weight is 220 g/mol. The molecule has 2 heteroatoms. The molecule has 0 aliphatic heterocycles. The van der Waals surface area contributed by atoms with Crippen LogP contribution in [0.2, 0.25) is 0 Å². The molecule has 0 amide bonds. The maximum absolute atomic E-state index is 5.68. The molecule has 0 N–H and O–H groups in total. The number of ether oxygens (including phenoxy) is 2. The first-order valence-corrected chi connectivity index (χ1v) is 5.88. The Bertz CT molecular complexity index is 318. The van der Waals surface area contributed by atoms with Crippen molar-refractivity contribution in [1.29, 1.82) is 0 Å². The largest absolute Gasteiger partial charge is 0.490 e. The molecule has 16 heavy (non-hydrogen) atoms. The zero-order chi connectivity index (χ0) is 11.6. The van der Waals surface area contributed by atoms with E-state index in [0.717, 1.165) is 24.5 Å². The predicted molar refractivity (Wildman–Crippen MR) is 66.9 cm³/mol. The molecular weight excluding hydrogens is 200 g/mol. The summed E-state index contributed by atoms with van der Waals surface area (Å²) < 4.78 is 11.1. The second-order valence-corrected chi connectivity index (χ2v) is 3.59. The minimum atomic E-state index is 0.754. The van der Waals surface area contributed by atoms with Crippen molar-refractivity contribution in [1.82, 2.24) is 0 Å². The Hall–Kier alpha value is -1.44. The van der Waals surface area contributed by atoms with Gasteiger partial charge in [-0.15, -0.1) is 0 Å². The van der Waals surface area contributed by atoms with E-state index in [1.807, 2.05) is 37.3 Å². The van der Waals surface area contributed by atoms with Crippen molar-refractivity contribution < 1.29 is 9.47 Å². The number of para-hydroxylation sites is 2. The summed E-state index contributed by atoms with van der Waals surface area (Å²) in [7, 11) is 0. The number of benzene rings is 1. The molecule has 0 atom stereocenters. The highest BCUT2D eigenvalue weighted by Crippen LogP contribution is 2.26. The van der Waals surface area contributed by atoms with Crippen LogP contribution in [0.3, 0.4) is 0 Å². The number of unbranched alkanes of at least 4 members (excludes halogenated alkanes) is 2. The van der Waals surface area contributed by atoms with Crippen LogP contribution in [-0.4, -0.2) is 6.61 Å². The van der Waals surface area contributed by atoms with Gasteiger partial charge in [-0.05, 0) is 25.5 Å². The van der Waals surface area contributed by atoms with Gasteiger partial charge in [-0.3, -0.25) is 0 Å². The minimum Gasteiger partial charge on any atom is -0.490 e. The predicted octanol–water partition coefficient (Wildman–Crippen LogP) is 4.17. The SMILES string of the molecule is C/C=C\Oc1ccccc1OCCCCC. The van der Waals surface area contributed by atoms with Gasteiger partial charge in [0.1, 0.15) is 0 Å². The lowest BCUT2D eigenvalue weighted by Crippen LogP contribution is -1.98. The van der Waals surface area contributed by atoms with Gasteiger partial charge in [-0.2, -0.15) is 0 Å². The minimum absolute atomic E-state index is 0.754. The summed E-state index contributed by atoms with van der Waals surface area (Å²) in [4.78, 5) is 0. The first-order valence-electron chi connectivity index (χ1n) is 5.88. The Kier molecular flexibility index (Phi) is 6.16. The molecule has 0 spiro atoms. The molecule has 0 aliphatic carbocycles. The highest BCUT2D eigenvalue weighted by Gasteiger charge is 2.01. The van der Waals surface area contributed by atoms with Crippen LogP contribution in [0.4, 0.5) is 0 Å². The lowest BCUT2D eigenvalue weighted by Gasteiger charge is -2.09. The van der Waals surface area contributed by atoms with Crippen molar-refractivity contribution in [3.8, 4) is 11.5 Å². The van der Waals surface area contributed by atoms with Crippen LogP contribution in [0.25, 0.3) is 0 Å². The summed E-state index contributed by atoms with van der Waals surface area (Å²) in [6.45, 7) is 4.86. The monoisotopic (exact) mass is 220 g/mol. The third-order valence-corrected chi connectivity index (χ3v) is 2.19. The standard InChI is InChI=1S/C14H20O2/c1-3-5-8-12-16-14-10-7-6-9-13(14)15-11-4-2/h4,6-7,9-11H,3,5,8,12H2,1-2H3/b11-4-. The van der Waals surface area contributed by atoms with Gasteiger partial charge in [-0.25, -0.2) is 0 Å². The van der Waals surface area contributed by atoms with Crippen LogP contribution in [-0.2, 0) is 0 Å². The maximum atomic E-state index is 5.68. The summed E-state index contributed by atoms with van der Waals surface area (Å²) in [5, 5.41) is 0.